The first-order chi connectivity index (χ1) is 12.2. The van der Waals surface area contributed by atoms with Crippen molar-refractivity contribution in [3.63, 3.8) is 0 Å². The zero-order valence-electron chi connectivity index (χ0n) is 13.7. The van der Waals surface area contributed by atoms with E-state index in [1.165, 1.54) is 17.0 Å². The van der Waals surface area contributed by atoms with Crippen molar-refractivity contribution in [3.8, 4) is 11.4 Å². The van der Waals surface area contributed by atoms with Crippen LogP contribution in [0.5, 0.6) is 0 Å². The predicted octanol–water partition coefficient (Wildman–Crippen LogP) is 5.80. The molecule has 0 aliphatic rings. The number of hydrogen-bond donors (Lipinski definition) is 1. The third-order valence-electron chi connectivity index (χ3n) is 3.91. The molecule has 2 aromatic heterocycles. The van der Waals surface area contributed by atoms with Gasteiger partial charge in [-0.15, -0.1) is 11.3 Å². The van der Waals surface area contributed by atoms with Gasteiger partial charge < -0.3 is 5.32 Å². The summed E-state index contributed by atoms with van der Waals surface area (Å²) in [5.41, 5.74) is 1.63. The fourth-order valence-electron chi connectivity index (χ4n) is 2.66. The number of nitrogens with one attached hydrogen (secondary N) is 1. The standard InChI is InChI=1S/C20H16FN3S/c1-2-16-12-17-19(22-15-10-6-9-14(21)11-15)23-18(24-20(17)25-16)13-7-4-3-5-8-13/h3-12H,2H2,1H3,(H,22,23,24). The summed E-state index contributed by atoms with van der Waals surface area (Å²) in [5, 5.41) is 4.21. The first kappa shape index (κ1) is 15.7. The minimum absolute atomic E-state index is 0.279. The quantitative estimate of drug-likeness (QED) is 0.506. The van der Waals surface area contributed by atoms with Crippen molar-refractivity contribution in [1.29, 1.82) is 0 Å². The van der Waals surface area contributed by atoms with E-state index in [4.69, 9.17) is 9.97 Å². The molecule has 0 fully saturated rings. The van der Waals surface area contributed by atoms with Crippen LogP contribution in [0.1, 0.15) is 11.8 Å². The van der Waals surface area contributed by atoms with Gasteiger partial charge in [0, 0.05) is 16.1 Å². The molecule has 0 radical (unpaired) electrons. The molecule has 0 spiro atoms. The molecule has 0 amide bonds. The molecule has 0 unspecified atom stereocenters. The van der Waals surface area contributed by atoms with Gasteiger partial charge in [0.2, 0.25) is 0 Å². The second kappa shape index (κ2) is 6.61. The topological polar surface area (TPSA) is 37.8 Å². The van der Waals surface area contributed by atoms with Crippen LogP contribution in [-0.4, -0.2) is 9.97 Å². The fourth-order valence-corrected chi connectivity index (χ4v) is 3.63. The van der Waals surface area contributed by atoms with E-state index >= 15 is 0 Å². The number of nitrogens with zero attached hydrogens (tertiary/aromatic N) is 2. The van der Waals surface area contributed by atoms with E-state index in [-0.39, 0.29) is 5.82 Å². The molecule has 4 rings (SSSR count). The van der Waals surface area contributed by atoms with E-state index < -0.39 is 0 Å². The molecule has 4 aromatic rings. The minimum atomic E-state index is -0.279. The van der Waals surface area contributed by atoms with Crippen LogP contribution >= 0.6 is 11.3 Å². The molecule has 25 heavy (non-hydrogen) atoms. The van der Waals surface area contributed by atoms with Crippen molar-refractivity contribution < 1.29 is 4.39 Å². The second-order valence-corrected chi connectivity index (χ2v) is 6.80. The summed E-state index contributed by atoms with van der Waals surface area (Å²) >= 11 is 1.67. The van der Waals surface area contributed by atoms with Crippen LogP contribution in [-0.2, 0) is 6.42 Å². The molecule has 1 N–H and O–H groups in total. The molecule has 0 saturated heterocycles. The lowest BCUT2D eigenvalue weighted by atomic mass is 10.2. The number of rotatable bonds is 4. The number of hydrogen-bond acceptors (Lipinski definition) is 4. The molecule has 2 aromatic carbocycles. The Kier molecular flexibility index (Phi) is 4.15. The molecule has 0 aliphatic carbocycles. The summed E-state index contributed by atoms with van der Waals surface area (Å²) in [4.78, 5) is 11.6. The lowest BCUT2D eigenvalue weighted by Crippen LogP contribution is -1.98. The summed E-state index contributed by atoms with van der Waals surface area (Å²) in [6.45, 7) is 2.12. The van der Waals surface area contributed by atoms with Gasteiger partial charge in [0.05, 0.1) is 5.39 Å². The number of fused-ring (bicyclic) bond motifs is 1. The van der Waals surface area contributed by atoms with Crippen LogP contribution in [0.2, 0.25) is 0 Å². The Morgan fingerprint density at radius 2 is 1.84 bits per heavy atom. The van der Waals surface area contributed by atoms with Crippen molar-refractivity contribution >= 4 is 33.1 Å². The highest BCUT2D eigenvalue weighted by atomic mass is 32.1. The lowest BCUT2D eigenvalue weighted by Gasteiger charge is -2.09. The number of halogens is 1. The van der Waals surface area contributed by atoms with E-state index in [2.05, 4.69) is 18.3 Å². The number of thiophene rings is 1. The highest BCUT2D eigenvalue weighted by molar-refractivity contribution is 7.18. The lowest BCUT2D eigenvalue weighted by molar-refractivity contribution is 0.628. The van der Waals surface area contributed by atoms with Crippen LogP contribution < -0.4 is 5.32 Å². The van der Waals surface area contributed by atoms with Crippen LogP contribution in [0.3, 0.4) is 0 Å². The molecule has 124 valence electrons. The molecule has 2 heterocycles. The summed E-state index contributed by atoms with van der Waals surface area (Å²) in [7, 11) is 0. The molecular weight excluding hydrogens is 333 g/mol. The van der Waals surface area contributed by atoms with Crippen molar-refractivity contribution in [3.05, 3.63) is 71.4 Å². The van der Waals surface area contributed by atoms with E-state index in [9.17, 15) is 4.39 Å². The average Bonchev–Trinajstić information content (AvgIpc) is 3.06. The van der Waals surface area contributed by atoms with Gasteiger partial charge in [-0.05, 0) is 30.7 Å². The Morgan fingerprint density at radius 1 is 1.00 bits per heavy atom. The zero-order chi connectivity index (χ0) is 17.2. The van der Waals surface area contributed by atoms with Gasteiger partial charge in [-0.2, -0.15) is 0 Å². The van der Waals surface area contributed by atoms with Gasteiger partial charge in [-0.3, -0.25) is 0 Å². The van der Waals surface area contributed by atoms with E-state index in [0.717, 1.165) is 22.2 Å². The van der Waals surface area contributed by atoms with Crippen LogP contribution in [0.4, 0.5) is 15.9 Å². The SMILES string of the molecule is CCc1cc2c(Nc3cccc(F)c3)nc(-c3ccccc3)nc2s1. The van der Waals surface area contributed by atoms with Crippen LogP contribution in [0.25, 0.3) is 21.6 Å². The monoisotopic (exact) mass is 349 g/mol. The third-order valence-corrected chi connectivity index (χ3v) is 5.08. The molecular formula is C20H16FN3S. The maximum Gasteiger partial charge on any atom is 0.163 e. The van der Waals surface area contributed by atoms with Gasteiger partial charge >= 0.3 is 0 Å². The zero-order valence-corrected chi connectivity index (χ0v) is 14.5. The van der Waals surface area contributed by atoms with Gasteiger partial charge in [0.1, 0.15) is 16.5 Å². The van der Waals surface area contributed by atoms with Crippen LogP contribution in [0.15, 0.2) is 60.7 Å². The smallest absolute Gasteiger partial charge is 0.163 e. The Morgan fingerprint density at radius 3 is 2.60 bits per heavy atom. The number of aromatic nitrogens is 2. The Bertz CT molecular complexity index is 1030. The summed E-state index contributed by atoms with van der Waals surface area (Å²) in [6.07, 6.45) is 0.946. The van der Waals surface area contributed by atoms with Gasteiger partial charge in [0.15, 0.2) is 5.82 Å². The van der Waals surface area contributed by atoms with Crippen LogP contribution in [0, 0.1) is 5.82 Å². The maximum atomic E-state index is 13.5. The highest BCUT2D eigenvalue weighted by Gasteiger charge is 2.13. The molecule has 0 atom stereocenters. The number of anilines is 2. The number of benzene rings is 2. The highest BCUT2D eigenvalue weighted by Crippen LogP contribution is 2.33. The molecule has 0 saturated carbocycles. The largest absolute Gasteiger partial charge is 0.339 e. The first-order valence-electron chi connectivity index (χ1n) is 8.11. The first-order valence-corrected chi connectivity index (χ1v) is 8.93. The Balaban J connectivity index is 1.86. The predicted molar refractivity (Wildman–Crippen MR) is 102 cm³/mol. The van der Waals surface area contributed by atoms with Crippen molar-refractivity contribution in [2.45, 2.75) is 13.3 Å². The van der Waals surface area contributed by atoms with E-state index in [0.29, 0.717) is 17.3 Å². The number of aryl methyl sites for hydroxylation is 1. The van der Waals surface area contributed by atoms with Gasteiger partial charge in [0.25, 0.3) is 0 Å². The second-order valence-electron chi connectivity index (χ2n) is 5.68. The third kappa shape index (κ3) is 3.23. The van der Waals surface area contributed by atoms with Crippen molar-refractivity contribution in [2.75, 3.05) is 5.32 Å². The Labute approximate surface area is 149 Å². The maximum absolute atomic E-state index is 13.5. The molecule has 5 heteroatoms. The normalized spacial score (nSPS) is 11.0. The molecule has 0 bridgehead atoms. The summed E-state index contributed by atoms with van der Waals surface area (Å²) in [5.74, 6) is 1.08. The summed E-state index contributed by atoms with van der Waals surface area (Å²) in [6, 6.07) is 18.4. The molecule has 0 aliphatic heterocycles. The van der Waals surface area contributed by atoms with E-state index in [1.54, 1.807) is 17.4 Å². The van der Waals surface area contributed by atoms with Gasteiger partial charge in [-0.1, -0.05) is 43.3 Å². The Hall–Kier alpha value is -2.79. The fraction of sp³-hybridized carbons (Fsp3) is 0.100. The average molecular weight is 349 g/mol. The van der Waals surface area contributed by atoms with E-state index in [1.807, 2.05) is 36.4 Å². The van der Waals surface area contributed by atoms with Crippen molar-refractivity contribution in [2.24, 2.45) is 0 Å². The summed E-state index contributed by atoms with van der Waals surface area (Å²) < 4.78 is 13.5. The minimum Gasteiger partial charge on any atom is -0.339 e. The van der Waals surface area contributed by atoms with Gasteiger partial charge in [-0.25, -0.2) is 14.4 Å². The molecule has 3 nitrogen and oxygen atoms in total. The van der Waals surface area contributed by atoms with Crippen molar-refractivity contribution in [1.82, 2.24) is 9.97 Å².